The number of carbonyl (C=O) groups is 2. The Morgan fingerprint density at radius 1 is 0.889 bits per heavy atom. The second kappa shape index (κ2) is 9.61. The van der Waals surface area contributed by atoms with Gasteiger partial charge < -0.3 is 10.1 Å². The second-order valence-corrected chi connectivity index (χ2v) is 10.7. The fourth-order valence-electron chi connectivity index (χ4n) is 4.94. The van der Waals surface area contributed by atoms with Crippen LogP contribution in [-0.2, 0) is 9.53 Å². The van der Waals surface area contributed by atoms with Crippen LogP contribution in [0.1, 0.15) is 48.5 Å². The highest BCUT2D eigenvalue weighted by molar-refractivity contribution is 6.36. The first-order chi connectivity index (χ1) is 17.2. The Morgan fingerprint density at radius 3 is 2.14 bits per heavy atom. The van der Waals surface area contributed by atoms with Gasteiger partial charge in [-0.15, -0.1) is 0 Å². The summed E-state index contributed by atoms with van der Waals surface area (Å²) < 4.78 is 6.41. The van der Waals surface area contributed by atoms with E-state index in [4.69, 9.17) is 27.9 Å². The molecule has 0 aromatic heterocycles. The van der Waals surface area contributed by atoms with Crippen LogP contribution in [-0.4, -0.2) is 11.6 Å². The van der Waals surface area contributed by atoms with E-state index in [1.54, 1.807) is 42.5 Å². The lowest BCUT2D eigenvalue weighted by molar-refractivity contribution is -0.119. The second-order valence-electron chi connectivity index (χ2n) is 9.88. The van der Waals surface area contributed by atoms with Crippen molar-refractivity contribution in [1.29, 1.82) is 0 Å². The van der Waals surface area contributed by atoms with Crippen molar-refractivity contribution in [2.24, 2.45) is 5.41 Å². The zero-order valence-corrected chi connectivity index (χ0v) is 21.5. The topological polar surface area (TPSA) is 55.4 Å². The van der Waals surface area contributed by atoms with E-state index in [-0.39, 0.29) is 22.9 Å². The third-order valence-corrected chi connectivity index (χ3v) is 7.19. The Hall–Kier alpha value is -3.34. The van der Waals surface area contributed by atoms with Gasteiger partial charge in [-0.1, -0.05) is 91.6 Å². The van der Waals surface area contributed by atoms with E-state index in [1.807, 2.05) is 50.2 Å². The highest BCUT2D eigenvalue weighted by Crippen LogP contribution is 2.51. The van der Waals surface area contributed by atoms with E-state index in [0.29, 0.717) is 50.9 Å². The number of anilines is 1. The Morgan fingerprint density at radius 2 is 1.50 bits per heavy atom. The summed E-state index contributed by atoms with van der Waals surface area (Å²) in [6.07, 6.45) is 0.876. The zero-order valence-electron chi connectivity index (χ0n) is 20.0. The number of nitrogens with one attached hydrogen (secondary N) is 1. The molecule has 1 atom stereocenters. The van der Waals surface area contributed by atoms with Crippen LogP contribution in [0.2, 0.25) is 10.0 Å². The predicted molar refractivity (Wildman–Crippen MR) is 143 cm³/mol. The molecule has 1 N–H and O–H groups in total. The van der Waals surface area contributed by atoms with E-state index in [9.17, 15) is 9.59 Å². The Labute approximate surface area is 220 Å². The zero-order chi connectivity index (χ0) is 25.4. The molecule has 0 saturated heterocycles. The van der Waals surface area contributed by atoms with Crippen molar-refractivity contribution in [3.8, 4) is 0 Å². The summed E-state index contributed by atoms with van der Waals surface area (Å²) in [6.45, 7) is 4.07. The number of carbonyl (C=O) groups excluding carboxylic acids is 2. The number of Topliss-reactive ketones (excluding diaryl/α,β-unsaturated/α-hetero) is 2. The van der Waals surface area contributed by atoms with Crippen LogP contribution in [0.4, 0.5) is 5.69 Å². The molecule has 0 radical (unpaired) electrons. The van der Waals surface area contributed by atoms with Crippen LogP contribution < -0.4 is 5.32 Å². The molecule has 4 nitrogen and oxygen atoms in total. The molecule has 3 aromatic carbocycles. The van der Waals surface area contributed by atoms with Gasteiger partial charge in [0.2, 0.25) is 5.88 Å². The molecule has 1 aliphatic carbocycles. The molecule has 1 heterocycles. The summed E-state index contributed by atoms with van der Waals surface area (Å²) in [4.78, 5) is 27.8. The Balaban J connectivity index is 1.79. The molecule has 0 spiro atoms. The largest absolute Gasteiger partial charge is 0.444 e. The SMILES string of the molecule is CC1(C)CC(=O)C2=C(C1)OC(Nc1ccccc1)=C(C(=O)c1ccccc1)C2c1c(Cl)cccc1Cl. The van der Waals surface area contributed by atoms with E-state index in [2.05, 4.69) is 5.32 Å². The first-order valence-corrected chi connectivity index (χ1v) is 12.5. The van der Waals surface area contributed by atoms with Crippen LogP contribution in [0, 0.1) is 5.41 Å². The molecule has 0 saturated carbocycles. The molecule has 2 aliphatic rings. The van der Waals surface area contributed by atoms with Gasteiger partial charge in [0, 0.05) is 45.3 Å². The monoisotopic (exact) mass is 517 g/mol. The average molecular weight is 518 g/mol. The van der Waals surface area contributed by atoms with Crippen molar-refractivity contribution in [2.45, 2.75) is 32.6 Å². The Bertz CT molecular complexity index is 1390. The van der Waals surface area contributed by atoms with E-state index >= 15 is 0 Å². The van der Waals surface area contributed by atoms with Gasteiger partial charge in [0.05, 0.1) is 11.5 Å². The van der Waals surface area contributed by atoms with Gasteiger partial charge in [-0.2, -0.15) is 0 Å². The number of ether oxygens (including phenoxy) is 1. The quantitative estimate of drug-likeness (QED) is 0.348. The summed E-state index contributed by atoms with van der Waals surface area (Å²) in [6, 6.07) is 23.6. The summed E-state index contributed by atoms with van der Waals surface area (Å²) in [5, 5.41) is 4.07. The molecule has 3 aromatic rings. The molecule has 6 heteroatoms. The van der Waals surface area contributed by atoms with Crippen LogP contribution in [0.25, 0.3) is 0 Å². The first kappa shape index (κ1) is 24.4. The minimum absolute atomic E-state index is 0.0700. The molecule has 0 bridgehead atoms. The molecule has 5 rings (SSSR count). The fraction of sp³-hybridized carbons (Fsp3) is 0.200. The first-order valence-electron chi connectivity index (χ1n) is 11.8. The molecule has 36 heavy (non-hydrogen) atoms. The lowest BCUT2D eigenvalue weighted by Gasteiger charge is -2.39. The maximum atomic E-state index is 14.1. The third-order valence-electron chi connectivity index (χ3n) is 6.53. The molecule has 0 amide bonds. The maximum absolute atomic E-state index is 14.1. The predicted octanol–water partition coefficient (Wildman–Crippen LogP) is 7.96. The number of halogens is 2. The molecule has 1 aliphatic heterocycles. The maximum Gasteiger partial charge on any atom is 0.205 e. The standard InChI is InChI=1S/C30H25Cl2NO3/c1-30(2)16-22(34)25-23(17-30)36-29(33-19-12-7-4-8-13-19)27(28(35)18-10-5-3-6-11-18)26(25)24-20(31)14-9-15-21(24)32/h3-15,26,33H,16-17H2,1-2H3. The smallest absolute Gasteiger partial charge is 0.205 e. The van der Waals surface area contributed by atoms with Gasteiger partial charge in [-0.3, -0.25) is 9.59 Å². The number of hydrogen-bond acceptors (Lipinski definition) is 4. The van der Waals surface area contributed by atoms with Crippen LogP contribution in [0.15, 0.2) is 102 Å². The molecule has 0 fully saturated rings. The van der Waals surface area contributed by atoms with Gasteiger partial charge in [0.25, 0.3) is 0 Å². The lowest BCUT2D eigenvalue weighted by atomic mass is 9.69. The molecular formula is C30H25Cl2NO3. The van der Waals surface area contributed by atoms with Crippen LogP contribution in [0.5, 0.6) is 0 Å². The van der Waals surface area contributed by atoms with Crippen molar-refractivity contribution in [1.82, 2.24) is 0 Å². The summed E-state index contributed by atoms with van der Waals surface area (Å²) in [7, 11) is 0. The normalized spacial score (nSPS) is 19.0. The molecule has 1 unspecified atom stereocenters. The van der Waals surface area contributed by atoms with Crippen molar-refractivity contribution >= 4 is 40.5 Å². The number of rotatable bonds is 5. The van der Waals surface area contributed by atoms with Crippen LogP contribution in [0.3, 0.4) is 0 Å². The van der Waals surface area contributed by atoms with Crippen molar-refractivity contribution in [3.63, 3.8) is 0 Å². The van der Waals surface area contributed by atoms with Crippen molar-refractivity contribution < 1.29 is 14.3 Å². The van der Waals surface area contributed by atoms with Gasteiger partial charge in [0.1, 0.15) is 5.76 Å². The highest BCUT2D eigenvalue weighted by atomic mass is 35.5. The van der Waals surface area contributed by atoms with E-state index < -0.39 is 5.92 Å². The van der Waals surface area contributed by atoms with Gasteiger partial charge >= 0.3 is 0 Å². The van der Waals surface area contributed by atoms with Gasteiger partial charge in [-0.25, -0.2) is 0 Å². The average Bonchev–Trinajstić information content (AvgIpc) is 2.83. The number of para-hydroxylation sites is 1. The minimum atomic E-state index is -0.780. The molecule has 182 valence electrons. The summed E-state index contributed by atoms with van der Waals surface area (Å²) in [5.41, 5.74) is 2.21. The van der Waals surface area contributed by atoms with Crippen LogP contribution >= 0.6 is 23.2 Å². The lowest BCUT2D eigenvalue weighted by Crippen LogP contribution is -2.35. The molecular weight excluding hydrogens is 493 g/mol. The number of allylic oxidation sites excluding steroid dienone is 3. The van der Waals surface area contributed by atoms with Gasteiger partial charge in [-0.05, 0) is 29.7 Å². The van der Waals surface area contributed by atoms with E-state index in [0.717, 1.165) is 5.69 Å². The van der Waals surface area contributed by atoms with Crippen molar-refractivity contribution in [2.75, 3.05) is 5.32 Å². The number of hydrogen-bond donors (Lipinski definition) is 1. The summed E-state index contributed by atoms with van der Waals surface area (Å²) >= 11 is 13.4. The Kier molecular flexibility index (Phi) is 6.50. The van der Waals surface area contributed by atoms with Gasteiger partial charge in [0.15, 0.2) is 11.6 Å². The van der Waals surface area contributed by atoms with Crippen molar-refractivity contribution in [3.05, 3.63) is 123 Å². The third kappa shape index (κ3) is 4.59. The number of ketones is 2. The number of benzene rings is 3. The minimum Gasteiger partial charge on any atom is -0.444 e. The fourth-order valence-corrected chi connectivity index (χ4v) is 5.56. The van der Waals surface area contributed by atoms with E-state index in [1.165, 1.54) is 0 Å². The highest BCUT2D eigenvalue weighted by Gasteiger charge is 2.46. The summed E-state index contributed by atoms with van der Waals surface area (Å²) in [5.74, 6) is -0.295.